The monoisotopic (exact) mass is 518 g/mol. The predicted molar refractivity (Wildman–Crippen MR) is 145 cm³/mol. The summed E-state index contributed by atoms with van der Waals surface area (Å²) in [7, 11) is 0. The van der Waals surface area contributed by atoms with Crippen molar-refractivity contribution in [3.63, 3.8) is 0 Å². The van der Waals surface area contributed by atoms with E-state index in [0.29, 0.717) is 17.4 Å². The van der Waals surface area contributed by atoms with Crippen molar-refractivity contribution in [2.75, 3.05) is 0 Å². The van der Waals surface area contributed by atoms with E-state index in [1.807, 2.05) is 72.8 Å². The lowest BCUT2D eigenvalue weighted by atomic mass is 9.55. The van der Waals surface area contributed by atoms with Crippen LogP contribution in [0.1, 0.15) is 45.2 Å². The maximum atomic E-state index is 13.7. The molecule has 1 heterocycles. The zero-order valence-electron chi connectivity index (χ0n) is 20.3. The van der Waals surface area contributed by atoms with E-state index in [9.17, 15) is 9.59 Å². The Morgan fingerprint density at radius 3 is 1.84 bits per heavy atom. The van der Waals surface area contributed by atoms with Crippen LogP contribution >= 0.6 is 11.6 Å². The highest BCUT2D eigenvalue weighted by atomic mass is 35.5. The molecule has 6 heteroatoms. The molecule has 4 aromatic rings. The highest BCUT2D eigenvalue weighted by molar-refractivity contribution is 6.30. The van der Waals surface area contributed by atoms with Crippen LogP contribution < -0.4 is 4.74 Å². The molecule has 0 aromatic heterocycles. The Morgan fingerprint density at radius 2 is 1.29 bits per heavy atom. The first-order chi connectivity index (χ1) is 18.6. The van der Waals surface area contributed by atoms with Crippen molar-refractivity contribution < 1.29 is 14.3 Å². The third-order valence-electron chi connectivity index (χ3n) is 7.92. The van der Waals surface area contributed by atoms with Crippen molar-refractivity contribution in [3.05, 3.63) is 135 Å². The second-order valence-electron chi connectivity index (χ2n) is 9.99. The first-order valence-electron chi connectivity index (χ1n) is 12.7. The highest BCUT2D eigenvalue weighted by Crippen LogP contribution is 2.60. The second-order valence-corrected chi connectivity index (χ2v) is 10.4. The number of carbonyl (C=O) groups is 2. The molecular formula is C32H23ClN2O3. The van der Waals surface area contributed by atoms with Gasteiger partial charge in [-0.05, 0) is 57.6 Å². The van der Waals surface area contributed by atoms with Gasteiger partial charge < -0.3 is 4.74 Å². The first-order valence-corrected chi connectivity index (χ1v) is 13.0. The van der Waals surface area contributed by atoms with E-state index in [4.69, 9.17) is 16.3 Å². The Labute approximate surface area is 225 Å². The first kappa shape index (κ1) is 22.9. The van der Waals surface area contributed by atoms with Crippen LogP contribution in [0.15, 0.2) is 102 Å². The van der Waals surface area contributed by atoms with E-state index in [-0.39, 0.29) is 23.7 Å². The average molecular weight is 519 g/mol. The topological polar surface area (TPSA) is 59.0 Å². The summed E-state index contributed by atoms with van der Waals surface area (Å²) in [5.74, 6) is -0.958. The number of hydrazone groups is 1. The van der Waals surface area contributed by atoms with Crippen LogP contribution in [0.3, 0.4) is 0 Å². The number of benzene rings is 4. The molecule has 0 N–H and O–H groups in total. The van der Waals surface area contributed by atoms with Gasteiger partial charge in [0.05, 0.1) is 18.1 Å². The molecule has 1 fully saturated rings. The zero-order valence-corrected chi connectivity index (χ0v) is 21.1. The van der Waals surface area contributed by atoms with Gasteiger partial charge >= 0.3 is 0 Å². The Bertz CT molecular complexity index is 1500. The number of halogens is 1. The van der Waals surface area contributed by atoms with Crippen LogP contribution in [-0.4, -0.2) is 23.0 Å². The highest BCUT2D eigenvalue weighted by Gasteiger charge is 2.61. The van der Waals surface area contributed by atoms with Gasteiger partial charge in [0, 0.05) is 16.9 Å². The molecule has 3 aliphatic carbocycles. The predicted octanol–water partition coefficient (Wildman–Crippen LogP) is 6.15. The number of carbonyl (C=O) groups excluding carboxylic acids is 2. The normalized spacial score (nSPS) is 22.9. The van der Waals surface area contributed by atoms with Gasteiger partial charge in [-0.25, -0.2) is 0 Å². The SMILES string of the molecule is O=C1[C@H]2C3c4ccccc4C(c4ccccc43)[C@@H]2C(=O)N1/N=C\c1cccc(OCc2ccc(Cl)cc2)c1. The van der Waals surface area contributed by atoms with Gasteiger partial charge in [-0.3, -0.25) is 9.59 Å². The molecule has 0 spiro atoms. The molecule has 5 nitrogen and oxygen atoms in total. The molecule has 186 valence electrons. The van der Waals surface area contributed by atoms with Crippen molar-refractivity contribution in [1.82, 2.24) is 5.01 Å². The zero-order chi connectivity index (χ0) is 25.8. The molecule has 4 aromatic carbocycles. The minimum absolute atomic E-state index is 0.140. The lowest BCUT2D eigenvalue weighted by Gasteiger charge is -2.45. The molecule has 1 saturated heterocycles. The van der Waals surface area contributed by atoms with Crippen molar-refractivity contribution >= 4 is 29.6 Å². The number of hydrogen-bond donors (Lipinski definition) is 0. The average Bonchev–Trinajstić information content (AvgIpc) is 3.21. The van der Waals surface area contributed by atoms with E-state index in [1.165, 1.54) is 0 Å². The summed E-state index contributed by atoms with van der Waals surface area (Å²) in [5, 5.41) is 6.18. The van der Waals surface area contributed by atoms with Crippen LogP contribution in [-0.2, 0) is 16.2 Å². The Morgan fingerprint density at radius 1 is 0.737 bits per heavy atom. The van der Waals surface area contributed by atoms with Crippen LogP contribution in [0.4, 0.5) is 0 Å². The molecule has 1 aliphatic heterocycles. The number of hydrogen-bond acceptors (Lipinski definition) is 4. The van der Waals surface area contributed by atoms with Crippen LogP contribution in [0, 0.1) is 11.8 Å². The third kappa shape index (κ3) is 3.57. The van der Waals surface area contributed by atoms with E-state index in [2.05, 4.69) is 29.4 Å². The summed E-state index contributed by atoms with van der Waals surface area (Å²) in [6, 6.07) is 31.3. The maximum Gasteiger partial charge on any atom is 0.254 e. The van der Waals surface area contributed by atoms with Crippen molar-refractivity contribution in [2.45, 2.75) is 18.4 Å². The minimum atomic E-state index is -0.441. The summed E-state index contributed by atoms with van der Waals surface area (Å²) in [5.41, 5.74) is 6.33. The number of amides is 2. The second kappa shape index (κ2) is 8.96. The van der Waals surface area contributed by atoms with Gasteiger partial charge in [-0.15, -0.1) is 0 Å². The third-order valence-corrected chi connectivity index (χ3v) is 8.18. The quantitative estimate of drug-likeness (QED) is 0.235. The standard InChI is InChI=1S/C32H23ClN2O3/c33-21-14-12-19(13-15-21)18-38-22-7-5-6-20(16-22)17-34-35-31(36)29-27-23-8-1-2-9-24(23)28(30(29)32(35)37)26-11-4-3-10-25(26)27/h1-17,27-30H,18H2/b34-17-/t27?,28?,29-,30-/m0/s1. The Kier molecular flexibility index (Phi) is 5.41. The fourth-order valence-electron chi connectivity index (χ4n) is 6.33. The van der Waals surface area contributed by atoms with Crippen LogP contribution in [0.25, 0.3) is 0 Å². The maximum absolute atomic E-state index is 13.7. The van der Waals surface area contributed by atoms with E-state index in [0.717, 1.165) is 38.4 Å². The summed E-state index contributed by atoms with van der Waals surface area (Å²) in [6.07, 6.45) is 1.56. The van der Waals surface area contributed by atoms with Crippen molar-refractivity contribution in [3.8, 4) is 5.75 Å². The molecule has 2 amide bonds. The molecule has 0 unspecified atom stereocenters. The lowest BCUT2D eigenvalue weighted by Crippen LogP contribution is -2.41. The fraction of sp³-hybridized carbons (Fsp3) is 0.156. The molecule has 38 heavy (non-hydrogen) atoms. The molecule has 4 aliphatic rings. The fourth-order valence-corrected chi connectivity index (χ4v) is 6.46. The summed E-state index contributed by atoms with van der Waals surface area (Å²) < 4.78 is 5.92. The van der Waals surface area contributed by atoms with Gasteiger partial charge in [0.15, 0.2) is 0 Å². The van der Waals surface area contributed by atoms with Crippen LogP contribution in [0.5, 0.6) is 5.75 Å². The molecule has 2 bridgehead atoms. The number of rotatable bonds is 5. The lowest BCUT2D eigenvalue weighted by molar-refractivity contribution is -0.139. The molecule has 8 rings (SSSR count). The van der Waals surface area contributed by atoms with Gasteiger partial charge in [-0.2, -0.15) is 10.1 Å². The van der Waals surface area contributed by atoms with Crippen LogP contribution in [0.2, 0.25) is 5.02 Å². The van der Waals surface area contributed by atoms with E-state index < -0.39 is 11.8 Å². The largest absolute Gasteiger partial charge is 0.489 e. The Balaban J connectivity index is 1.15. The van der Waals surface area contributed by atoms with Crippen molar-refractivity contribution in [2.24, 2.45) is 16.9 Å². The van der Waals surface area contributed by atoms with E-state index in [1.54, 1.807) is 6.21 Å². The van der Waals surface area contributed by atoms with Gasteiger partial charge in [0.2, 0.25) is 0 Å². The number of imide groups is 1. The number of ether oxygens (including phenoxy) is 1. The molecule has 2 atom stereocenters. The number of nitrogens with zero attached hydrogens (tertiary/aromatic N) is 2. The molecule has 0 saturated carbocycles. The summed E-state index contributed by atoms with van der Waals surface area (Å²) in [4.78, 5) is 27.4. The molecule has 0 radical (unpaired) electrons. The van der Waals surface area contributed by atoms with Gasteiger partial charge in [0.25, 0.3) is 11.8 Å². The minimum Gasteiger partial charge on any atom is -0.489 e. The van der Waals surface area contributed by atoms with Crippen molar-refractivity contribution in [1.29, 1.82) is 0 Å². The smallest absolute Gasteiger partial charge is 0.254 e. The van der Waals surface area contributed by atoms with Gasteiger partial charge in [-0.1, -0.05) is 84.4 Å². The Hall–Kier alpha value is -4.22. The summed E-state index contributed by atoms with van der Waals surface area (Å²) in [6.45, 7) is 0.397. The van der Waals surface area contributed by atoms with Gasteiger partial charge in [0.1, 0.15) is 12.4 Å². The van der Waals surface area contributed by atoms with E-state index >= 15 is 0 Å². The molecular weight excluding hydrogens is 496 g/mol. The summed E-state index contributed by atoms with van der Waals surface area (Å²) >= 11 is 5.96.